The molecule has 0 N–H and O–H groups in total. The summed E-state index contributed by atoms with van der Waals surface area (Å²) in [6.45, 7) is 0. The van der Waals surface area contributed by atoms with Crippen LogP contribution in [0.4, 0.5) is 0 Å². The third-order valence-corrected chi connectivity index (χ3v) is 1.65. The lowest BCUT2D eigenvalue weighted by atomic mass is 10.4. The number of hydrogen-bond acceptors (Lipinski definition) is 2. The van der Waals surface area contributed by atoms with E-state index in [1.807, 2.05) is 0 Å². The van der Waals surface area contributed by atoms with Gasteiger partial charge in [0, 0.05) is 10.9 Å². The van der Waals surface area contributed by atoms with E-state index in [-0.39, 0.29) is 0 Å². The Morgan fingerprint density at radius 3 is 2.88 bits per heavy atom. The minimum absolute atomic E-state index is 0.432. The topological polar surface area (TPSA) is 26.0 Å². The van der Waals surface area contributed by atoms with Gasteiger partial charge < -0.3 is 4.52 Å². The van der Waals surface area contributed by atoms with Gasteiger partial charge in [0.1, 0.15) is 6.26 Å². The zero-order valence-electron chi connectivity index (χ0n) is 3.90. The van der Waals surface area contributed by atoms with Gasteiger partial charge in [-0.05, 0) is 0 Å². The molecule has 0 bridgehead atoms. The smallest absolute Gasteiger partial charge is 0.176 e. The van der Waals surface area contributed by atoms with Crippen molar-refractivity contribution in [1.29, 1.82) is 0 Å². The summed E-state index contributed by atoms with van der Waals surface area (Å²) in [6, 6.07) is 0. The Bertz CT molecular complexity index is 176. The fourth-order valence-electron chi connectivity index (χ4n) is 0.330. The monoisotopic (exact) mass is 195 g/mol. The number of halogens is 2. The Balaban J connectivity index is 2.92. The summed E-state index contributed by atoms with van der Waals surface area (Å²) in [5.74, 6) is 0. The number of nitrogens with zero attached hydrogens (tertiary/aromatic N) is 1. The number of alkyl halides is 1. The van der Waals surface area contributed by atoms with Crippen molar-refractivity contribution in [3.05, 3.63) is 17.0 Å². The van der Waals surface area contributed by atoms with Crippen molar-refractivity contribution in [1.82, 2.24) is 5.16 Å². The van der Waals surface area contributed by atoms with Gasteiger partial charge in [0.25, 0.3) is 0 Å². The van der Waals surface area contributed by atoms with E-state index in [0.717, 1.165) is 5.56 Å². The second kappa shape index (κ2) is 2.51. The molecule has 0 atom stereocenters. The van der Waals surface area contributed by atoms with Crippen LogP contribution >= 0.6 is 27.5 Å². The van der Waals surface area contributed by atoms with Gasteiger partial charge >= 0.3 is 0 Å². The Kier molecular flexibility index (Phi) is 1.91. The van der Waals surface area contributed by atoms with Gasteiger partial charge in [0.05, 0.1) is 0 Å². The summed E-state index contributed by atoms with van der Waals surface area (Å²) >= 11 is 8.71. The normalized spacial score (nSPS) is 9.75. The van der Waals surface area contributed by atoms with E-state index in [1.54, 1.807) is 0 Å². The van der Waals surface area contributed by atoms with Crippen molar-refractivity contribution in [2.45, 2.75) is 5.33 Å². The average Bonchev–Trinajstić information content (AvgIpc) is 2.14. The molecule has 1 rings (SSSR count). The summed E-state index contributed by atoms with van der Waals surface area (Å²) in [6.07, 6.45) is 1.51. The molecule has 0 aliphatic carbocycles. The lowest BCUT2D eigenvalue weighted by Crippen LogP contribution is -1.69. The quantitative estimate of drug-likeness (QED) is 0.644. The van der Waals surface area contributed by atoms with Crippen LogP contribution < -0.4 is 0 Å². The van der Waals surface area contributed by atoms with Gasteiger partial charge in [-0.15, -0.1) is 0 Å². The first-order valence-corrected chi connectivity index (χ1v) is 3.49. The highest BCUT2D eigenvalue weighted by molar-refractivity contribution is 9.08. The lowest BCUT2D eigenvalue weighted by Gasteiger charge is -1.79. The minimum Gasteiger partial charge on any atom is -0.363 e. The summed E-state index contributed by atoms with van der Waals surface area (Å²) in [5, 5.41) is 4.57. The van der Waals surface area contributed by atoms with Gasteiger partial charge in [-0.2, -0.15) is 0 Å². The van der Waals surface area contributed by atoms with Gasteiger partial charge in [-0.25, -0.2) is 0 Å². The Morgan fingerprint density at radius 1 is 1.88 bits per heavy atom. The summed E-state index contributed by atoms with van der Waals surface area (Å²) in [5.41, 5.74) is 0.881. The molecule has 0 radical (unpaired) electrons. The molecule has 0 unspecified atom stereocenters. The molecule has 1 aromatic rings. The predicted molar refractivity (Wildman–Crippen MR) is 34.1 cm³/mol. The van der Waals surface area contributed by atoms with Gasteiger partial charge in [-0.1, -0.05) is 32.7 Å². The number of hydrogen-bond donors (Lipinski definition) is 0. The molecular formula is C4H3BrClNO. The van der Waals surface area contributed by atoms with Gasteiger partial charge in [0.15, 0.2) is 5.15 Å². The van der Waals surface area contributed by atoms with E-state index in [4.69, 9.17) is 11.6 Å². The van der Waals surface area contributed by atoms with Crippen LogP contribution in [-0.2, 0) is 5.33 Å². The largest absolute Gasteiger partial charge is 0.363 e. The van der Waals surface area contributed by atoms with Crippen molar-refractivity contribution in [3.8, 4) is 0 Å². The van der Waals surface area contributed by atoms with Crippen LogP contribution in [-0.4, -0.2) is 5.16 Å². The van der Waals surface area contributed by atoms with Crippen molar-refractivity contribution in [2.24, 2.45) is 0 Å². The van der Waals surface area contributed by atoms with Crippen LogP contribution in [0.3, 0.4) is 0 Å². The molecule has 0 spiro atoms. The second-order valence-corrected chi connectivity index (χ2v) is 2.18. The summed E-state index contributed by atoms with van der Waals surface area (Å²) < 4.78 is 4.52. The molecule has 0 aromatic carbocycles. The van der Waals surface area contributed by atoms with Crippen LogP contribution in [0.15, 0.2) is 10.8 Å². The molecule has 4 heteroatoms. The molecule has 1 heterocycles. The molecule has 0 saturated heterocycles. The van der Waals surface area contributed by atoms with Crippen LogP contribution in [0, 0.1) is 0 Å². The molecule has 1 aromatic heterocycles. The maximum Gasteiger partial charge on any atom is 0.176 e. The molecule has 0 fully saturated rings. The maximum atomic E-state index is 5.51. The van der Waals surface area contributed by atoms with E-state index in [2.05, 4.69) is 25.6 Å². The predicted octanol–water partition coefficient (Wildman–Crippen LogP) is 2.22. The molecule has 2 nitrogen and oxygen atoms in total. The molecule has 0 saturated carbocycles. The standard InChI is InChI=1S/C4H3BrClNO/c5-1-3-2-8-7-4(3)6/h2H,1H2. The van der Waals surface area contributed by atoms with Crippen molar-refractivity contribution in [2.75, 3.05) is 0 Å². The molecule has 44 valence electrons. The maximum absolute atomic E-state index is 5.51. The molecule has 0 aliphatic heterocycles. The van der Waals surface area contributed by atoms with Gasteiger partial charge in [-0.3, -0.25) is 0 Å². The third-order valence-electron chi connectivity index (χ3n) is 0.737. The summed E-state index contributed by atoms with van der Waals surface area (Å²) in [4.78, 5) is 0. The highest BCUT2D eigenvalue weighted by atomic mass is 79.9. The van der Waals surface area contributed by atoms with Crippen LogP contribution in [0.2, 0.25) is 5.15 Å². The summed E-state index contributed by atoms with van der Waals surface area (Å²) in [7, 11) is 0. The zero-order valence-corrected chi connectivity index (χ0v) is 6.24. The van der Waals surface area contributed by atoms with Gasteiger partial charge in [0.2, 0.25) is 0 Å². The minimum atomic E-state index is 0.432. The Morgan fingerprint density at radius 2 is 2.62 bits per heavy atom. The third kappa shape index (κ3) is 1.03. The fourth-order valence-corrected chi connectivity index (χ4v) is 1.04. The second-order valence-electron chi connectivity index (χ2n) is 1.26. The molecular weight excluding hydrogens is 193 g/mol. The van der Waals surface area contributed by atoms with Crippen molar-refractivity contribution < 1.29 is 4.52 Å². The average molecular weight is 196 g/mol. The van der Waals surface area contributed by atoms with Crippen molar-refractivity contribution >= 4 is 27.5 Å². The SMILES string of the molecule is Clc1nocc1CBr. The van der Waals surface area contributed by atoms with E-state index in [1.165, 1.54) is 6.26 Å². The van der Waals surface area contributed by atoms with Crippen LogP contribution in [0.1, 0.15) is 5.56 Å². The highest BCUT2D eigenvalue weighted by Crippen LogP contribution is 2.14. The van der Waals surface area contributed by atoms with Crippen molar-refractivity contribution in [3.63, 3.8) is 0 Å². The first-order valence-electron chi connectivity index (χ1n) is 1.99. The van der Waals surface area contributed by atoms with Crippen LogP contribution in [0.5, 0.6) is 0 Å². The number of rotatable bonds is 1. The zero-order chi connectivity index (χ0) is 5.98. The molecule has 8 heavy (non-hydrogen) atoms. The first-order chi connectivity index (χ1) is 3.84. The van der Waals surface area contributed by atoms with E-state index in [0.29, 0.717) is 10.5 Å². The first kappa shape index (κ1) is 6.11. The van der Waals surface area contributed by atoms with E-state index in [9.17, 15) is 0 Å². The molecule has 0 amide bonds. The van der Waals surface area contributed by atoms with E-state index < -0.39 is 0 Å². The molecule has 0 aliphatic rings. The lowest BCUT2D eigenvalue weighted by molar-refractivity contribution is 0.419. The Labute approximate surface area is 59.9 Å². The highest BCUT2D eigenvalue weighted by Gasteiger charge is 1.99. The Hall–Kier alpha value is -0.0200. The number of aromatic nitrogens is 1. The van der Waals surface area contributed by atoms with Crippen LogP contribution in [0.25, 0.3) is 0 Å². The van der Waals surface area contributed by atoms with E-state index >= 15 is 0 Å². The fraction of sp³-hybridized carbons (Fsp3) is 0.250.